The van der Waals surface area contributed by atoms with Gasteiger partial charge in [-0.15, -0.1) is 0 Å². The van der Waals surface area contributed by atoms with Crippen molar-refractivity contribution in [2.24, 2.45) is 5.73 Å². The van der Waals surface area contributed by atoms with Crippen molar-refractivity contribution in [3.63, 3.8) is 0 Å². The molecule has 2 aromatic carbocycles. The summed E-state index contributed by atoms with van der Waals surface area (Å²) < 4.78 is 13.8. The molecule has 0 heterocycles. The number of rotatable bonds is 4. The highest BCUT2D eigenvalue weighted by Gasteiger charge is 2.15. The van der Waals surface area contributed by atoms with Crippen molar-refractivity contribution < 1.29 is 4.39 Å². The van der Waals surface area contributed by atoms with Gasteiger partial charge < -0.3 is 5.73 Å². The zero-order valence-corrected chi connectivity index (χ0v) is 11.8. The first-order chi connectivity index (χ1) is 9.11. The lowest BCUT2D eigenvalue weighted by molar-refractivity contribution is 0.590. The molecule has 0 aromatic heterocycles. The molecular formula is C15H14Cl2FN. The summed E-state index contributed by atoms with van der Waals surface area (Å²) in [5.41, 5.74) is 7.34. The molecule has 0 bridgehead atoms. The molecule has 0 aliphatic heterocycles. The molecule has 0 fully saturated rings. The van der Waals surface area contributed by atoms with E-state index >= 15 is 0 Å². The molecule has 1 unspecified atom stereocenters. The van der Waals surface area contributed by atoms with Crippen LogP contribution in [0.25, 0.3) is 0 Å². The second kappa shape index (κ2) is 6.38. The van der Waals surface area contributed by atoms with Gasteiger partial charge in [-0.25, -0.2) is 4.39 Å². The highest BCUT2D eigenvalue weighted by molar-refractivity contribution is 6.31. The zero-order valence-electron chi connectivity index (χ0n) is 10.2. The van der Waals surface area contributed by atoms with Gasteiger partial charge in [-0.3, -0.25) is 0 Å². The van der Waals surface area contributed by atoms with Crippen LogP contribution in [0, 0.1) is 5.82 Å². The van der Waals surface area contributed by atoms with E-state index in [0.29, 0.717) is 28.6 Å². The minimum atomic E-state index is -0.307. The lowest BCUT2D eigenvalue weighted by Gasteiger charge is -2.17. The average Bonchev–Trinajstić information content (AvgIpc) is 2.39. The Kier molecular flexibility index (Phi) is 4.81. The Morgan fingerprint density at radius 1 is 1.11 bits per heavy atom. The number of hydrogen-bond acceptors (Lipinski definition) is 1. The van der Waals surface area contributed by atoms with Crippen LogP contribution in [-0.4, -0.2) is 6.54 Å². The maximum Gasteiger partial charge on any atom is 0.127 e. The molecule has 100 valence electrons. The molecule has 0 aliphatic rings. The number of halogens is 3. The Bertz CT molecular complexity index is 572. The molecule has 2 rings (SSSR count). The molecule has 0 spiro atoms. The Labute approximate surface area is 122 Å². The predicted molar refractivity (Wildman–Crippen MR) is 78.4 cm³/mol. The first kappa shape index (κ1) is 14.3. The van der Waals surface area contributed by atoms with Crippen LogP contribution in [0.4, 0.5) is 4.39 Å². The summed E-state index contributed by atoms with van der Waals surface area (Å²) in [6.07, 6.45) is 0.503. The molecule has 0 radical (unpaired) electrons. The van der Waals surface area contributed by atoms with E-state index in [1.807, 2.05) is 24.3 Å². The molecular weight excluding hydrogens is 284 g/mol. The summed E-state index contributed by atoms with van der Waals surface area (Å²) in [5.74, 6) is -0.317. The van der Waals surface area contributed by atoms with Gasteiger partial charge >= 0.3 is 0 Å². The van der Waals surface area contributed by atoms with E-state index in [2.05, 4.69) is 0 Å². The number of benzene rings is 2. The summed E-state index contributed by atoms with van der Waals surface area (Å²) in [5, 5.41) is 1.05. The van der Waals surface area contributed by atoms with E-state index in [4.69, 9.17) is 28.9 Å². The number of hydrogen-bond donors (Lipinski definition) is 1. The van der Waals surface area contributed by atoms with Crippen molar-refractivity contribution >= 4 is 23.2 Å². The van der Waals surface area contributed by atoms with Crippen LogP contribution in [0.2, 0.25) is 10.0 Å². The summed E-state index contributed by atoms with van der Waals surface area (Å²) in [6, 6.07) is 12.2. The van der Waals surface area contributed by atoms with E-state index in [0.717, 1.165) is 5.56 Å². The third-order valence-corrected chi connectivity index (χ3v) is 3.69. The van der Waals surface area contributed by atoms with Crippen LogP contribution in [0.1, 0.15) is 17.0 Å². The van der Waals surface area contributed by atoms with Gasteiger partial charge in [-0.1, -0.05) is 47.5 Å². The molecule has 1 atom stereocenters. The Balaban J connectivity index is 2.27. The van der Waals surface area contributed by atoms with E-state index in [9.17, 15) is 4.39 Å². The quantitative estimate of drug-likeness (QED) is 0.888. The fourth-order valence-corrected chi connectivity index (χ4v) is 2.53. The highest BCUT2D eigenvalue weighted by Crippen LogP contribution is 2.28. The molecule has 2 aromatic rings. The third-order valence-electron chi connectivity index (χ3n) is 3.11. The van der Waals surface area contributed by atoms with E-state index in [-0.39, 0.29) is 11.7 Å². The smallest absolute Gasteiger partial charge is 0.127 e. The maximum atomic E-state index is 13.8. The Hall–Kier alpha value is -1.09. The Morgan fingerprint density at radius 3 is 2.47 bits per heavy atom. The second-order valence-corrected chi connectivity index (χ2v) is 5.24. The summed E-state index contributed by atoms with van der Waals surface area (Å²) in [4.78, 5) is 0. The molecule has 0 aliphatic carbocycles. The first-order valence-corrected chi connectivity index (χ1v) is 6.76. The molecule has 0 saturated carbocycles. The van der Waals surface area contributed by atoms with Crippen molar-refractivity contribution in [2.45, 2.75) is 12.3 Å². The predicted octanol–water partition coefficient (Wildman–Crippen LogP) is 4.42. The van der Waals surface area contributed by atoms with Crippen LogP contribution in [0.15, 0.2) is 42.5 Å². The topological polar surface area (TPSA) is 26.0 Å². The molecule has 4 heteroatoms. The molecule has 19 heavy (non-hydrogen) atoms. The number of nitrogens with two attached hydrogens (primary N) is 1. The van der Waals surface area contributed by atoms with E-state index < -0.39 is 0 Å². The summed E-state index contributed by atoms with van der Waals surface area (Å²) >= 11 is 11.9. The van der Waals surface area contributed by atoms with Gasteiger partial charge in [-0.2, -0.15) is 0 Å². The van der Waals surface area contributed by atoms with Crippen molar-refractivity contribution in [3.05, 3.63) is 69.5 Å². The van der Waals surface area contributed by atoms with E-state index in [1.165, 1.54) is 6.07 Å². The third kappa shape index (κ3) is 3.47. The largest absolute Gasteiger partial charge is 0.330 e. The molecule has 1 nitrogen and oxygen atoms in total. The fraction of sp³-hybridized carbons (Fsp3) is 0.200. The van der Waals surface area contributed by atoms with E-state index in [1.54, 1.807) is 12.1 Å². The lowest BCUT2D eigenvalue weighted by atomic mass is 9.92. The van der Waals surface area contributed by atoms with Gasteiger partial charge in [0.2, 0.25) is 0 Å². The lowest BCUT2D eigenvalue weighted by Crippen LogP contribution is -2.16. The van der Waals surface area contributed by atoms with Crippen LogP contribution < -0.4 is 5.73 Å². The molecule has 0 saturated heterocycles. The van der Waals surface area contributed by atoms with Crippen molar-refractivity contribution in [3.8, 4) is 0 Å². The minimum absolute atomic E-state index is 0.00984. The van der Waals surface area contributed by atoms with Gasteiger partial charge in [0.15, 0.2) is 0 Å². The summed E-state index contributed by atoms with van der Waals surface area (Å²) in [6.45, 7) is 0.409. The van der Waals surface area contributed by atoms with Crippen molar-refractivity contribution in [2.75, 3.05) is 6.54 Å². The zero-order chi connectivity index (χ0) is 13.8. The maximum absolute atomic E-state index is 13.8. The minimum Gasteiger partial charge on any atom is -0.330 e. The second-order valence-electron chi connectivity index (χ2n) is 4.39. The fourth-order valence-electron chi connectivity index (χ4n) is 2.08. The Morgan fingerprint density at radius 2 is 1.84 bits per heavy atom. The van der Waals surface area contributed by atoms with Crippen LogP contribution in [0.3, 0.4) is 0 Å². The van der Waals surface area contributed by atoms with Gasteiger partial charge in [-0.05, 0) is 42.3 Å². The first-order valence-electron chi connectivity index (χ1n) is 6.00. The summed E-state index contributed by atoms with van der Waals surface area (Å²) in [7, 11) is 0. The van der Waals surface area contributed by atoms with Crippen LogP contribution in [-0.2, 0) is 6.42 Å². The molecule has 2 N–H and O–H groups in total. The monoisotopic (exact) mass is 297 g/mol. The van der Waals surface area contributed by atoms with Crippen molar-refractivity contribution in [1.82, 2.24) is 0 Å². The standard InChI is InChI=1S/C15H14Cl2FN/c16-12-6-5-10(15(18)8-12)7-11(9-19)13-3-1-2-4-14(13)17/h1-6,8,11H,7,9,19H2. The molecule has 0 amide bonds. The normalized spacial score (nSPS) is 12.4. The van der Waals surface area contributed by atoms with Gasteiger partial charge in [0.25, 0.3) is 0 Å². The van der Waals surface area contributed by atoms with Gasteiger partial charge in [0, 0.05) is 16.0 Å². The SMILES string of the molecule is NCC(Cc1ccc(Cl)cc1F)c1ccccc1Cl. The highest BCUT2D eigenvalue weighted by atomic mass is 35.5. The van der Waals surface area contributed by atoms with Gasteiger partial charge in [0.05, 0.1) is 0 Å². The van der Waals surface area contributed by atoms with Crippen LogP contribution >= 0.6 is 23.2 Å². The van der Waals surface area contributed by atoms with Crippen LogP contribution in [0.5, 0.6) is 0 Å². The van der Waals surface area contributed by atoms with Crippen molar-refractivity contribution in [1.29, 1.82) is 0 Å². The van der Waals surface area contributed by atoms with Gasteiger partial charge in [0.1, 0.15) is 5.82 Å². The average molecular weight is 298 g/mol.